The van der Waals surface area contributed by atoms with Gasteiger partial charge in [-0.25, -0.2) is 9.18 Å². The molecule has 1 saturated heterocycles. The van der Waals surface area contributed by atoms with E-state index in [0.717, 1.165) is 4.90 Å². The topological polar surface area (TPSA) is 49.4 Å². The first-order valence-electron chi connectivity index (χ1n) is 4.65. The average molecular weight is 287 g/mol. The van der Waals surface area contributed by atoms with Crippen LogP contribution in [0.1, 0.15) is 10.4 Å². The van der Waals surface area contributed by atoms with Gasteiger partial charge in [0.2, 0.25) is 0 Å². The second-order valence-corrected chi connectivity index (χ2v) is 4.08. The van der Waals surface area contributed by atoms with Crippen LogP contribution in [0, 0.1) is 5.82 Å². The van der Waals surface area contributed by atoms with E-state index in [-0.39, 0.29) is 10.0 Å². The van der Waals surface area contributed by atoms with Gasteiger partial charge in [-0.15, -0.1) is 0 Å². The normalized spacial score (nSPS) is 15.1. The molecule has 1 heterocycles. The van der Waals surface area contributed by atoms with Crippen molar-refractivity contribution in [3.63, 3.8) is 0 Å². The van der Waals surface area contributed by atoms with E-state index in [1.54, 1.807) is 0 Å². The maximum Gasteiger partial charge on any atom is 0.324 e. The molecule has 4 nitrogen and oxygen atoms in total. The van der Waals surface area contributed by atoms with E-state index in [2.05, 4.69) is 21.2 Å². The largest absolute Gasteiger partial charge is 0.336 e. The van der Waals surface area contributed by atoms with E-state index < -0.39 is 17.8 Å². The first kappa shape index (κ1) is 11.1. The zero-order valence-electron chi connectivity index (χ0n) is 8.17. The highest BCUT2D eigenvalue weighted by Gasteiger charge is 2.28. The number of hydrogen-bond donors (Lipinski definition) is 1. The van der Waals surface area contributed by atoms with Crippen molar-refractivity contribution in [2.45, 2.75) is 0 Å². The summed E-state index contributed by atoms with van der Waals surface area (Å²) in [6.45, 7) is 0.734. The van der Waals surface area contributed by atoms with E-state index in [1.807, 2.05) is 0 Å². The Labute approximate surface area is 99.6 Å². The van der Waals surface area contributed by atoms with Crippen molar-refractivity contribution in [3.05, 3.63) is 34.1 Å². The van der Waals surface area contributed by atoms with Crippen molar-refractivity contribution in [3.8, 4) is 0 Å². The molecule has 6 heteroatoms. The van der Waals surface area contributed by atoms with Crippen LogP contribution in [0.5, 0.6) is 0 Å². The van der Waals surface area contributed by atoms with Gasteiger partial charge in [-0.1, -0.05) is 6.07 Å². The van der Waals surface area contributed by atoms with Crippen molar-refractivity contribution in [2.24, 2.45) is 0 Å². The van der Waals surface area contributed by atoms with Crippen LogP contribution in [-0.2, 0) is 0 Å². The van der Waals surface area contributed by atoms with Crippen molar-refractivity contribution in [1.82, 2.24) is 10.2 Å². The van der Waals surface area contributed by atoms with Gasteiger partial charge in [0, 0.05) is 13.1 Å². The summed E-state index contributed by atoms with van der Waals surface area (Å²) in [5, 5.41) is 2.51. The summed E-state index contributed by atoms with van der Waals surface area (Å²) in [4.78, 5) is 24.2. The lowest BCUT2D eigenvalue weighted by molar-refractivity contribution is 0.0828. The molecule has 0 unspecified atom stereocenters. The summed E-state index contributed by atoms with van der Waals surface area (Å²) >= 11 is 2.99. The minimum absolute atomic E-state index is 0.0831. The minimum atomic E-state index is -0.523. The number of halogens is 2. The van der Waals surface area contributed by atoms with Crippen LogP contribution in [0.2, 0.25) is 0 Å². The summed E-state index contributed by atoms with van der Waals surface area (Å²) < 4.78 is 13.3. The molecule has 0 atom stereocenters. The molecule has 84 valence electrons. The maximum atomic E-state index is 13.2. The number of carbonyl (C=O) groups is 2. The second kappa shape index (κ2) is 4.21. The fourth-order valence-corrected chi connectivity index (χ4v) is 1.91. The molecule has 2 rings (SSSR count). The molecule has 1 aliphatic heterocycles. The van der Waals surface area contributed by atoms with Gasteiger partial charge in [0.1, 0.15) is 5.82 Å². The Balaban J connectivity index is 2.34. The Bertz CT molecular complexity index is 464. The van der Waals surface area contributed by atoms with Crippen LogP contribution in [0.3, 0.4) is 0 Å². The summed E-state index contributed by atoms with van der Waals surface area (Å²) in [5.74, 6) is -1.02. The summed E-state index contributed by atoms with van der Waals surface area (Å²) in [6.07, 6.45) is 0. The number of amides is 3. The number of hydrogen-bond acceptors (Lipinski definition) is 2. The van der Waals surface area contributed by atoms with Gasteiger partial charge in [0.15, 0.2) is 0 Å². The zero-order chi connectivity index (χ0) is 11.7. The van der Waals surface area contributed by atoms with Crippen LogP contribution >= 0.6 is 15.9 Å². The number of rotatable bonds is 1. The van der Waals surface area contributed by atoms with Gasteiger partial charge < -0.3 is 5.32 Å². The number of urea groups is 1. The summed E-state index contributed by atoms with van der Waals surface area (Å²) in [7, 11) is 0. The Morgan fingerprint density at radius 2 is 2.25 bits per heavy atom. The van der Waals surface area contributed by atoms with Gasteiger partial charge >= 0.3 is 6.03 Å². The molecule has 3 amide bonds. The van der Waals surface area contributed by atoms with Crippen LogP contribution in [0.25, 0.3) is 0 Å². The smallest absolute Gasteiger partial charge is 0.324 e. The van der Waals surface area contributed by atoms with Crippen molar-refractivity contribution < 1.29 is 14.0 Å². The van der Waals surface area contributed by atoms with Crippen LogP contribution in [0.15, 0.2) is 22.7 Å². The number of benzene rings is 1. The lowest BCUT2D eigenvalue weighted by Gasteiger charge is -2.13. The molecule has 1 N–H and O–H groups in total. The van der Waals surface area contributed by atoms with Crippen molar-refractivity contribution >= 4 is 27.9 Å². The average Bonchev–Trinajstić information content (AvgIpc) is 2.68. The highest BCUT2D eigenvalue weighted by atomic mass is 79.9. The van der Waals surface area contributed by atoms with Crippen LogP contribution in [-0.4, -0.2) is 29.9 Å². The monoisotopic (exact) mass is 286 g/mol. The highest BCUT2D eigenvalue weighted by Crippen LogP contribution is 2.22. The first-order valence-corrected chi connectivity index (χ1v) is 5.44. The Morgan fingerprint density at radius 3 is 2.88 bits per heavy atom. The third-order valence-electron chi connectivity index (χ3n) is 2.28. The summed E-state index contributed by atoms with van der Waals surface area (Å²) in [6, 6.07) is 3.70. The Kier molecular flexibility index (Phi) is 2.91. The zero-order valence-corrected chi connectivity index (χ0v) is 9.75. The molecule has 0 spiro atoms. The molecule has 1 aliphatic rings. The third-order valence-corrected chi connectivity index (χ3v) is 3.09. The predicted molar refractivity (Wildman–Crippen MR) is 58.5 cm³/mol. The molecular weight excluding hydrogens is 279 g/mol. The van der Waals surface area contributed by atoms with Crippen LogP contribution < -0.4 is 5.32 Å². The maximum absolute atomic E-state index is 13.2. The van der Waals surface area contributed by atoms with E-state index >= 15 is 0 Å². The molecule has 16 heavy (non-hydrogen) atoms. The second-order valence-electron chi connectivity index (χ2n) is 3.29. The molecule has 0 radical (unpaired) electrons. The predicted octanol–water partition coefficient (Wildman–Crippen LogP) is 1.75. The van der Waals surface area contributed by atoms with Gasteiger partial charge in [0.05, 0.1) is 10.0 Å². The third kappa shape index (κ3) is 1.80. The Hall–Kier alpha value is -1.43. The molecule has 1 aromatic carbocycles. The molecule has 1 fully saturated rings. The minimum Gasteiger partial charge on any atom is -0.336 e. The van der Waals surface area contributed by atoms with Crippen LogP contribution in [0.4, 0.5) is 9.18 Å². The lowest BCUT2D eigenvalue weighted by Crippen LogP contribution is -2.34. The molecule has 0 saturated carbocycles. The van der Waals surface area contributed by atoms with E-state index in [4.69, 9.17) is 0 Å². The molecule has 0 aliphatic carbocycles. The standard InChI is InChI=1S/C10H8BrFN2O2/c11-8-6(2-1-3-7(8)12)9(15)14-5-4-13-10(14)16/h1-3H,4-5H2,(H,13,16). The van der Waals surface area contributed by atoms with E-state index in [9.17, 15) is 14.0 Å². The van der Waals surface area contributed by atoms with Crippen molar-refractivity contribution in [1.29, 1.82) is 0 Å². The number of nitrogens with one attached hydrogen (secondary N) is 1. The molecule has 1 aromatic rings. The number of nitrogens with zero attached hydrogens (tertiary/aromatic N) is 1. The van der Waals surface area contributed by atoms with Gasteiger partial charge in [-0.3, -0.25) is 9.69 Å². The highest BCUT2D eigenvalue weighted by molar-refractivity contribution is 9.10. The number of carbonyl (C=O) groups excluding carboxylic acids is 2. The lowest BCUT2D eigenvalue weighted by atomic mass is 10.2. The molecular formula is C10H8BrFN2O2. The SMILES string of the molecule is O=C1NCCN1C(=O)c1cccc(F)c1Br. The first-order chi connectivity index (χ1) is 7.61. The molecule has 0 aromatic heterocycles. The summed E-state index contributed by atoms with van der Waals surface area (Å²) in [5.41, 5.74) is 0.150. The quantitative estimate of drug-likeness (QED) is 0.855. The van der Waals surface area contributed by atoms with Gasteiger partial charge in [-0.05, 0) is 28.1 Å². The van der Waals surface area contributed by atoms with Gasteiger partial charge in [-0.2, -0.15) is 0 Å². The van der Waals surface area contributed by atoms with E-state index in [0.29, 0.717) is 13.1 Å². The fourth-order valence-electron chi connectivity index (χ4n) is 1.48. The van der Waals surface area contributed by atoms with Crippen molar-refractivity contribution in [2.75, 3.05) is 13.1 Å². The van der Waals surface area contributed by atoms with E-state index in [1.165, 1.54) is 18.2 Å². The number of imide groups is 1. The fraction of sp³-hybridized carbons (Fsp3) is 0.200. The molecule has 0 bridgehead atoms. The van der Waals surface area contributed by atoms with Gasteiger partial charge in [0.25, 0.3) is 5.91 Å². The Morgan fingerprint density at radius 1 is 1.50 bits per heavy atom.